The van der Waals surface area contributed by atoms with E-state index in [9.17, 15) is 0 Å². The van der Waals surface area contributed by atoms with Crippen molar-refractivity contribution in [1.29, 1.82) is 0 Å². The van der Waals surface area contributed by atoms with Gasteiger partial charge in [0.2, 0.25) is 0 Å². The summed E-state index contributed by atoms with van der Waals surface area (Å²) in [5.41, 5.74) is 6.76. The molecule has 3 nitrogen and oxygen atoms in total. The highest BCUT2D eigenvalue weighted by Crippen LogP contribution is 2.35. The fraction of sp³-hybridized carbons (Fsp3) is 0.625. The highest BCUT2D eigenvalue weighted by atomic mass is 15.1. The Morgan fingerprint density at radius 1 is 1.64 bits per heavy atom. The molecule has 1 aromatic heterocycles. The maximum Gasteiger partial charge on any atom is 0.0950 e. The summed E-state index contributed by atoms with van der Waals surface area (Å²) in [6.45, 7) is 0.721. The normalized spacial score (nSPS) is 17.2. The molecule has 0 aromatic carbocycles. The SMILES string of the molecule is NCCc1cncn1C1CC1. The molecule has 0 atom stereocenters. The van der Waals surface area contributed by atoms with Crippen LogP contribution in [0, 0.1) is 0 Å². The number of nitrogens with zero attached hydrogens (tertiary/aromatic N) is 2. The van der Waals surface area contributed by atoms with E-state index in [4.69, 9.17) is 5.73 Å². The Hall–Kier alpha value is -0.830. The van der Waals surface area contributed by atoms with Gasteiger partial charge in [-0.1, -0.05) is 0 Å². The van der Waals surface area contributed by atoms with Gasteiger partial charge in [-0.2, -0.15) is 0 Å². The Kier molecular flexibility index (Phi) is 1.66. The van der Waals surface area contributed by atoms with Gasteiger partial charge < -0.3 is 10.3 Å². The van der Waals surface area contributed by atoms with Crippen molar-refractivity contribution in [3.05, 3.63) is 18.2 Å². The summed E-state index contributed by atoms with van der Waals surface area (Å²) >= 11 is 0. The fourth-order valence-corrected chi connectivity index (χ4v) is 1.36. The van der Waals surface area contributed by atoms with Crippen molar-refractivity contribution < 1.29 is 0 Å². The van der Waals surface area contributed by atoms with Crippen molar-refractivity contribution in [3.63, 3.8) is 0 Å². The van der Waals surface area contributed by atoms with E-state index >= 15 is 0 Å². The molecule has 0 unspecified atom stereocenters. The molecule has 0 saturated heterocycles. The van der Waals surface area contributed by atoms with Crippen LogP contribution in [0.4, 0.5) is 0 Å². The lowest BCUT2D eigenvalue weighted by Crippen LogP contribution is -2.07. The van der Waals surface area contributed by atoms with Gasteiger partial charge in [-0.15, -0.1) is 0 Å². The molecule has 1 heterocycles. The average Bonchev–Trinajstić information content (AvgIpc) is 2.75. The van der Waals surface area contributed by atoms with Gasteiger partial charge in [0, 0.05) is 24.4 Å². The lowest BCUT2D eigenvalue weighted by Gasteiger charge is -2.03. The first-order chi connectivity index (χ1) is 5.42. The van der Waals surface area contributed by atoms with Crippen molar-refractivity contribution in [2.24, 2.45) is 5.73 Å². The molecule has 2 N–H and O–H groups in total. The Morgan fingerprint density at radius 3 is 3.09 bits per heavy atom. The maximum absolute atomic E-state index is 5.47. The number of hydrogen-bond donors (Lipinski definition) is 1. The molecule has 0 aliphatic heterocycles. The summed E-state index contributed by atoms with van der Waals surface area (Å²) < 4.78 is 2.26. The van der Waals surface area contributed by atoms with Crippen LogP contribution in [0.1, 0.15) is 24.6 Å². The molecule has 3 heteroatoms. The minimum atomic E-state index is 0.721. The van der Waals surface area contributed by atoms with Gasteiger partial charge in [0.25, 0.3) is 0 Å². The molecule has 2 rings (SSSR count). The van der Waals surface area contributed by atoms with E-state index in [0.717, 1.165) is 19.0 Å². The van der Waals surface area contributed by atoms with Crippen LogP contribution >= 0.6 is 0 Å². The first kappa shape index (κ1) is 6.85. The zero-order valence-electron chi connectivity index (χ0n) is 6.53. The van der Waals surface area contributed by atoms with E-state index in [-0.39, 0.29) is 0 Å². The number of nitrogens with two attached hydrogens (primary N) is 1. The van der Waals surface area contributed by atoms with Crippen molar-refractivity contribution in [2.75, 3.05) is 6.54 Å². The first-order valence-corrected chi connectivity index (χ1v) is 4.12. The summed E-state index contributed by atoms with van der Waals surface area (Å²) in [7, 11) is 0. The third-order valence-electron chi connectivity index (χ3n) is 2.09. The lowest BCUT2D eigenvalue weighted by atomic mass is 10.3. The molecular formula is C8H13N3. The van der Waals surface area contributed by atoms with Crippen LogP contribution in [0.2, 0.25) is 0 Å². The van der Waals surface area contributed by atoms with Gasteiger partial charge in [0.1, 0.15) is 0 Å². The van der Waals surface area contributed by atoms with Gasteiger partial charge in [-0.3, -0.25) is 0 Å². The highest BCUT2D eigenvalue weighted by molar-refractivity contribution is 5.03. The Labute approximate surface area is 66.2 Å². The smallest absolute Gasteiger partial charge is 0.0950 e. The first-order valence-electron chi connectivity index (χ1n) is 4.12. The molecule has 60 valence electrons. The average molecular weight is 151 g/mol. The minimum Gasteiger partial charge on any atom is -0.332 e. The number of rotatable bonds is 3. The van der Waals surface area contributed by atoms with Gasteiger partial charge in [-0.05, 0) is 19.4 Å². The van der Waals surface area contributed by atoms with Gasteiger partial charge in [0.05, 0.1) is 6.33 Å². The second kappa shape index (κ2) is 2.66. The second-order valence-corrected chi connectivity index (χ2v) is 3.06. The third kappa shape index (κ3) is 1.28. The molecule has 1 aromatic rings. The van der Waals surface area contributed by atoms with Crippen molar-refractivity contribution in [2.45, 2.75) is 25.3 Å². The molecule has 0 spiro atoms. The van der Waals surface area contributed by atoms with Crippen LogP contribution in [0.5, 0.6) is 0 Å². The van der Waals surface area contributed by atoms with E-state index in [1.165, 1.54) is 18.5 Å². The quantitative estimate of drug-likeness (QED) is 0.691. The largest absolute Gasteiger partial charge is 0.332 e. The van der Waals surface area contributed by atoms with Gasteiger partial charge in [-0.25, -0.2) is 4.98 Å². The predicted molar refractivity (Wildman–Crippen MR) is 43.3 cm³/mol. The summed E-state index contributed by atoms with van der Waals surface area (Å²) in [6.07, 6.45) is 7.42. The molecule has 0 radical (unpaired) electrons. The standard InChI is InChI=1S/C8H13N3/c9-4-3-8-5-10-6-11(8)7-1-2-7/h5-7H,1-4,9H2. The zero-order chi connectivity index (χ0) is 7.68. The van der Waals surface area contributed by atoms with Gasteiger partial charge in [0.15, 0.2) is 0 Å². The second-order valence-electron chi connectivity index (χ2n) is 3.06. The maximum atomic E-state index is 5.47. The molecule has 0 bridgehead atoms. The Bertz CT molecular complexity index is 237. The molecule has 1 saturated carbocycles. The summed E-state index contributed by atoms with van der Waals surface area (Å²) in [4.78, 5) is 4.11. The summed E-state index contributed by atoms with van der Waals surface area (Å²) in [5, 5.41) is 0. The third-order valence-corrected chi connectivity index (χ3v) is 2.09. The predicted octanol–water partition coefficient (Wildman–Crippen LogP) is 0.719. The number of hydrogen-bond acceptors (Lipinski definition) is 2. The van der Waals surface area contributed by atoms with Crippen molar-refractivity contribution in [3.8, 4) is 0 Å². The Balaban J connectivity index is 2.16. The van der Waals surface area contributed by atoms with Crippen LogP contribution in [-0.4, -0.2) is 16.1 Å². The summed E-state index contributed by atoms with van der Waals surface area (Å²) in [5.74, 6) is 0. The van der Waals surface area contributed by atoms with E-state index < -0.39 is 0 Å². The molecule has 1 aliphatic rings. The highest BCUT2D eigenvalue weighted by Gasteiger charge is 2.24. The van der Waals surface area contributed by atoms with Gasteiger partial charge >= 0.3 is 0 Å². The van der Waals surface area contributed by atoms with E-state index in [0.29, 0.717) is 0 Å². The molecule has 11 heavy (non-hydrogen) atoms. The van der Waals surface area contributed by atoms with Crippen LogP contribution in [0.3, 0.4) is 0 Å². The molecular weight excluding hydrogens is 138 g/mol. The van der Waals surface area contributed by atoms with E-state index in [1.54, 1.807) is 0 Å². The van der Waals surface area contributed by atoms with Crippen LogP contribution in [0.15, 0.2) is 12.5 Å². The van der Waals surface area contributed by atoms with Crippen molar-refractivity contribution in [1.82, 2.24) is 9.55 Å². The van der Waals surface area contributed by atoms with Crippen LogP contribution < -0.4 is 5.73 Å². The monoisotopic (exact) mass is 151 g/mol. The summed E-state index contributed by atoms with van der Waals surface area (Å²) in [6, 6.07) is 0.735. The lowest BCUT2D eigenvalue weighted by molar-refractivity contribution is 0.689. The van der Waals surface area contributed by atoms with Crippen molar-refractivity contribution >= 4 is 0 Å². The molecule has 1 fully saturated rings. The number of imidazole rings is 1. The van der Waals surface area contributed by atoms with E-state index in [2.05, 4.69) is 9.55 Å². The van der Waals surface area contributed by atoms with Crippen LogP contribution in [-0.2, 0) is 6.42 Å². The Morgan fingerprint density at radius 2 is 2.45 bits per heavy atom. The van der Waals surface area contributed by atoms with Crippen LogP contribution in [0.25, 0.3) is 0 Å². The topological polar surface area (TPSA) is 43.8 Å². The molecule has 1 aliphatic carbocycles. The van der Waals surface area contributed by atoms with E-state index in [1.807, 2.05) is 12.5 Å². The number of aromatic nitrogens is 2. The zero-order valence-corrected chi connectivity index (χ0v) is 6.53. The molecule has 0 amide bonds. The minimum absolute atomic E-state index is 0.721. The fourth-order valence-electron chi connectivity index (χ4n) is 1.36.